The Labute approximate surface area is 244 Å². The number of hydrogen-bond acceptors (Lipinski definition) is 6. The van der Waals surface area contributed by atoms with Crippen molar-refractivity contribution in [2.75, 3.05) is 52.4 Å². The van der Waals surface area contributed by atoms with Gasteiger partial charge in [0.2, 0.25) is 0 Å². The number of hydrogen-bond donors (Lipinski definition) is 4. The van der Waals surface area contributed by atoms with Gasteiger partial charge in [0.25, 0.3) is 0 Å². The summed E-state index contributed by atoms with van der Waals surface area (Å²) >= 11 is 0. The maximum atomic E-state index is 5.83. The first-order valence-corrected chi connectivity index (χ1v) is 14.8. The molecule has 4 aromatic rings. The van der Waals surface area contributed by atoms with Crippen LogP contribution in [0.3, 0.4) is 0 Å². The third kappa shape index (κ3) is 7.11. The van der Waals surface area contributed by atoms with Crippen LogP contribution in [0.15, 0.2) is 84.9 Å². The smallest absolute Gasteiger partial charge is 0.0235 e. The van der Waals surface area contributed by atoms with Gasteiger partial charge < -0.3 is 22.9 Å². The summed E-state index contributed by atoms with van der Waals surface area (Å²) in [5, 5.41) is 0. The summed E-state index contributed by atoms with van der Waals surface area (Å²) in [4.78, 5) is 4.64. The van der Waals surface area contributed by atoms with Crippen molar-refractivity contribution in [3.63, 3.8) is 0 Å². The molecule has 1 aliphatic rings. The Hall–Kier alpha value is -3.36. The zero-order valence-corrected chi connectivity index (χ0v) is 24.1. The second kappa shape index (κ2) is 14.0. The largest absolute Gasteiger partial charge is 0.329 e. The van der Waals surface area contributed by atoms with Crippen LogP contribution < -0.4 is 22.9 Å². The Bertz CT molecular complexity index is 1330. The van der Waals surface area contributed by atoms with Gasteiger partial charge in [-0.15, -0.1) is 0 Å². The van der Waals surface area contributed by atoms with E-state index in [1.54, 1.807) is 0 Å². The number of rotatable bonds is 14. The van der Waals surface area contributed by atoms with Crippen molar-refractivity contribution in [3.05, 3.63) is 107 Å². The average molecular weight is 549 g/mol. The van der Waals surface area contributed by atoms with Crippen LogP contribution in [0.4, 0.5) is 0 Å². The molecule has 0 spiro atoms. The second-order valence-electron chi connectivity index (χ2n) is 11.0. The summed E-state index contributed by atoms with van der Waals surface area (Å²) in [6.07, 6.45) is 0.978. The summed E-state index contributed by atoms with van der Waals surface area (Å²) in [5.74, 6) is 0. The molecule has 41 heavy (non-hydrogen) atoms. The molecule has 0 aliphatic heterocycles. The predicted octanol–water partition coefficient (Wildman–Crippen LogP) is 4.03. The van der Waals surface area contributed by atoms with Crippen LogP contribution in [0.1, 0.15) is 22.3 Å². The van der Waals surface area contributed by atoms with E-state index in [2.05, 4.69) is 94.7 Å². The van der Waals surface area contributed by atoms with Crippen LogP contribution in [0.2, 0.25) is 0 Å². The molecule has 0 saturated heterocycles. The molecule has 0 bridgehead atoms. The van der Waals surface area contributed by atoms with Gasteiger partial charge in [-0.3, -0.25) is 9.80 Å². The minimum atomic E-state index is 0.636. The van der Waals surface area contributed by atoms with Crippen molar-refractivity contribution in [2.45, 2.75) is 19.5 Å². The van der Waals surface area contributed by atoms with E-state index in [1.807, 2.05) is 0 Å². The fourth-order valence-electron chi connectivity index (χ4n) is 6.01. The standard InChI is InChI=1S/C35H44N6/c36-11-15-40(16-12-37)24-26-3-1-5-28(19-26)30-7-9-32-21-33-10-8-31(23-35(33)34(32)22-30)29-6-2-4-27(20-29)25-41(17-13-38)18-14-39/h1-10,19-20,22-23H,11-18,21,24-25,36-39H2. The minimum Gasteiger partial charge on any atom is -0.329 e. The van der Waals surface area contributed by atoms with Gasteiger partial charge in [0, 0.05) is 65.4 Å². The van der Waals surface area contributed by atoms with E-state index in [9.17, 15) is 0 Å². The van der Waals surface area contributed by atoms with Crippen LogP contribution in [-0.2, 0) is 19.5 Å². The summed E-state index contributed by atoms with van der Waals surface area (Å²) < 4.78 is 0. The molecule has 0 aromatic heterocycles. The zero-order chi connectivity index (χ0) is 28.6. The van der Waals surface area contributed by atoms with Gasteiger partial charge in [-0.2, -0.15) is 0 Å². The maximum Gasteiger partial charge on any atom is 0.0235 e. The van der Waals surface area contributed by atoms with E-state index < -0.39 is 0 Å². The van der Waals surface area contributed by atoms with Gasteiger partial charge in [-0.25, -0.2) is 0 Å². The van der Waals surface area contributed by atoms with Crippen LogP contribution in [0, 0.1) is 0 Å². The first-order chi connectivity index (χ1) is 20.1. The first kappa shape index (κ1) is 29.1. The van der Waals surface area contributed by atoms with Crippen molar-refractivity contribution in [1.82, 2.24) is 9.80 Å². The van der Waals surface area contributed by atoms with Gasteiger partial charge in [0.1, 0.15) is 0 Å². The normalized spacial score (nSPS) is 12.2. The topological polar surface area (TPSA) is 111 Å². The van der Waals surface area contributed by atoms with E-state index >= 15 is 0 Å². The second-order valence-corrected chi connectivity index (χ2v) is 11.0. The lowest BCUT2D eigenvalue weighted by atomic mass is 9.95. The molecule has 0 heterocycles. The molecule has 0 atom stereocenters. The molecule has 0 saturated carbocycles. The first-order valence-electron chi connectivity index (χ1n) is 14.8. The molecule has 0 unspecified atom stereocenters. The molecule has 6 heteroatoms. The van der Waals surface area contributed by atoms with Crippen molar-refractivity contribution in [2.24, 2.45) is 22.9 Å². The molecule has 0 amide bonds. The van der Waals surface area contributed by atoms with Gasteiger partial charge >= 0.3 is 0 Å². The van der Waals surface area contributed by atoms with Gasteiger partial charge in [-0.1, -0.05) is 60.7 Å². The van der Waals surface area contributed by atoms with Crippen LogP contribution in [0.5, 0.6) is 0 Å². The molecule has 5 rings (SSSR count). The van der Waals surface area contributed by atoms with Crippen LogP contribution >= 0.6 is 0 Å². The summed E-state index contributed by atoms with van der Waals surface area (Å²) in [6.45, 7) is 7.65. The molecule has 0 radical (unpaired) electrons. The molecule has 214 valence electrons. The van der Waals surface area contributed by atoms with Crippen LogP contribution in [0.25, 0.3) is 33.4 Å². The van der Waals surface area contributed by atoms with Crippen molar-refractivity contribution in [3.8, 4) is 33.4 Å². The Balaban J connectivity index is 1.40. The van der Waals surface area contributed by atoms with Gasteiger partial charge in [0.15, 0.2) is 0 Å². The minimum absolute atomic E-state index is 0.636. The van der Waals surface area contributed by atoms with E-state index in [1.165, 1.54) is 55.6 Å². The molecule has 6 nitrogen and oxygen atoms in total. The number of nitrogens with zero attached hydrogens (tertiary/aromatic N) is 2. The Morgan fingerprint density at radius 1 is 0.463 bits per heavy atom. The molecule has 4 aromatic carbocycles. The van der Waals surface area contributed by atoms with E-state index in [4.69, 9.17) is 22.9 Å². The highest BCUT2D eigenvalue weighted by Gasteiger charge is 2.20. The third-order valence-corrected chi connectivity index (χ3v) is 8.01. The zero-order valence-electron chi connectivity index (χ0n) is 24.1. The molecule has 0 fully saturated rings. The third-order valence-electron chi connectivity index (χ3n) is 8.01. The predicted molar refractivity (Wildman–Crippen MR) is 172 cm³/mol. The molecule has 1 aliphatic carbocycles. The van der Waals surface area contributed by atoms with E-state index in [-0.39, 0.29) is 0 Å². The number of fused-ring (bicyclic) bond motifs is 3. The quantitative estimate of drug-likeness (QED) is 0.167. The summed E-state index contributed by atoms with van der Waals surface area (Å²) in [5.41, 5.74) is 36.3. The Morgan fingerprint density at radius 3 is 1.24 bits per heavy atom. The van der Waals surface area contributed by atoms with Crippen molar-refractivity contribution < 1.29 is 0 Å². The fourth-order valence-corrected chi connectivity index (χ4v) is 6.01. The summed E-state index contributed by atoms with van der Waals surface area (Å²) in [7, 11) is 0. The highest BCUT2D eigenvalue weighted by Crippen LogP contribution is 2.41. The SMILES string of the molecule is NCCN(CCN)Cc1cccc(-c2ccc3c(c2)-c2cc(-c4cccc(CN(CCN)CCN)c4)ccc2C3)c1. The Morgan fingerprint density at radius 2 is 0.854 bits per heavy atom. The lowest BCUT2D eigenvalue weighted by Gasteiger charge is -2.21. The highest BCUT2D eigenvalue weighted by molar-refractivity contribution is 5.84. The molecule has 8 N–H and O–H groups in total. The number of nitrogens with two attached hydrogens (primary N) is 4. The Kier molecular flexibility index (Phi) is 9.96. The van der Waals surface area contributed by atoms with Crippen molar-refractivity contribution >= 4 is 0 Å². The lowest BCUT2D eigenvalue weighted by molar-refractivity contribution is 0.281. The highest BCUT2D eigenvalue weighted by atomic mass is 15.1. The monoisotopic (exact) mass is 548 g/mol. The van der Waals surface area contributed by atoms with Crippen molar-refractivity contribution in [1.29, 1.82) is 0 Å². The number of benzene rings is 4. The van der Waals surface area contributed by atoms with E-state index in [0.717, 1.165) is 45.7 Å². The molecular weight excluding hydrogens is 504 g/mol. The lowest BCUT2D eigenvalue weighted by Crippen LogP contribution is -2.33. The summed E-state index contributed by atoms with van der Waals surface area (Å²) in [6, 6.07) is 31.6. The fraction of sp³-hybridized carbons (Fsp3) is 0.314. The van der Waals surface area contributed by atoms with Gasteiger partial charge in [-0.05, 0) is 86.3 Å². The average Bonchev–Trinajstić information content (AvgIpc) is 3.35. The van der Waals surface area contributed by atoms with Gasteiger partial charge in [0.05, 0.1) is 0 Å². The van der Waals surface area contributed by atoms with E-state index in [0.29, 0.717) is 26.2 Å². The maximum absolute atomic E-state index is 5.83. The van der Waals surface area contributed by atoms with Crippen LogP contribution in [-0.4, -0.2) is 62.2 Å². The molecular formula is C35H44N6.